The molecular weight excluding hydrogens is 244 g/mol. The van der Waals surface area contributed by atoms with Crippen molar-refractivity contribution in [3.8, 4) is 0 Å². The Hall–Kier alpha value is -1.46. The van der Waals surface area contributed by atoms with Crippen molar-refractivity contribution in [1.82, 2.24) is 9.36 Å². The lowest BCUT2D eigenvalue weighted by Gasteiger charge is -2.12. The molecule has 0 bridgehead atoms. The van der Waals surface area contributed by atoms with Crippen LogP contribution in [0.5, 0.6) is 0 Å². The monoisotopic (exact) mass is 262 g/mol. The molecular formula is C13H18N4S. The third-order valence-electron chi connectivity index (χ3n) is 2.73. The molecule has 0 amide bonds. The van der Waals surface area contributed by atoms with Gasteiger partial charge in [-0.15, -0.1) is 0 Å². The lowest BCUT2D eigenvalue weighted by Crippen LogP contribution is -2.24. The normalized spacial score (nSPS) is 10.6. The number of anilines is 1. The van der Waals surface area contributed by atoms with Crippen molar-refractivity contribution in [3.63, 3.8) is 0 Å². The van der Waals surface area contributed by atoms with Crippen molar-refractivity contribution in [2.24, 2.45) is 5.73 Å². The molecule has 0 spiro atoms. The van der Waals surface area contributed by atoms with E-state index in [1.807, 2.05) is 11.9 Å². The minimum Gasteiger partial charge on any atom is -0.349 e. The van der Waals surface area contributed by atoms with Gasteiger partial charge < -0.3 is 10.6 Å². The molecule has 96 valence electrons. The fourth-order valence-electron chi connectivity index (χ4n) is 1.65. The highest BCUT2D eigenvalue weighted by Gasteiger charge is 2.08. The van der Waals surface area contributed by atoms with E-state index in [1.54, 1.807) is 0 Å². The molecule has 0 aliphatic heterocycles. The van der Waals surface area contributed by atoms with Crippen LogP contribution in [-0.2, 0) is 6.42 Å². The maximum absolute atomic E-state index is 5.53. The Kier molecular flexibility index (Phi) is 4.28. The summed E-state index contributed by atoms with van der Waals surface area (Å²) in [5.41, 5.74) is 8.04. The van der Waals surface area contributed by atoms with Crippen LogP contribution in [0, 0.1) is 6.92 Å². The molecule has 0 atom stereocenters. The maximum Gasteiger partial charge on any atom is 0.204 e. The predicted octanol–water partition coefficient (Wildman–Crippen LogP) is 1.83. The van der Waals surface area contributed by atoms with E-state index >= 15 is 0 Å². The predicted molar refractivity (Wildman–Crippen MR) is 76.2 cm³/mol. The van der Waals surface area contributed by atoms with Crippen LogP contribution in [0.15, 0.2) is 24.3 Å². The molecule has 1 heterocycles. The Morgan fingerprint density at radius 3 is 2.67 bits per heavy atom. The summed E-state index contributed by atoms with van der Waals surface area (Å²) in [5.74, 6) is 0.878. The van der Waals surface area contributed by atoms with Gasteiger partial charge in [0.15, 0.2) is 0 Å². The molecule has 2 aromatic rings. The van der Waals surface area contributed by atoms with E-state index in [9.17, 15) is 0 Å². The Balaban J connectivity index is 2.04. The summed E-state index contributed by atoms with van der Waals surface area (Å²) in [5, 5.41) is 0.933. The van der Waals surface area contributed by atoms with Gasteiger partial charge in [0.2, 0.25) is 5.13 Å². The molecule has 0 radical (unpaired) electrons. The first-order valence-corrected chi connectivity index (χ1v) is 6.75. The number of likely N-dealkylation sites (N-methyl/N-ethyl adjacent to an activating group) is 1. The number of nitrogens with two attached hydrogens (primary N) is 1. The Morgan fingerprint density at radius 1 is 1.28 bits per heavy atom. The molecule has 0 saturated carbocycles. The third kappa shape index (κ3) is 3.27. The molecule has 1 aromatic heterocycles. The Morgan fingerprint density at radius 2 is 2.00 bits per heavy atom. The molecule has 18 heavy (non-hydrogen) atoms. The zero-order valence-electron chi connectivity index (χ0n) is 10.8. The van der Waals surface area contributed by atoms with Crippen molar-refractivity contribution in [2.45, 2.75) is 13.3 Å². The van der Waals surface area contributed by atoms with Crippen LogP contribution < -0.4 is 10.6 Å². The van der Waals surface area contributed by atoms with Gasteiger partial charge >= 0.3 is 0 Å². The second kappa shape index (κ2) is 5.93. The molecule has 0 aliphatic carbocycles. The highest BCUT2D eigenvalue weighted by molar-refractivity contribution is 7.09. The van der Waals surface area contributed by atoms with Gasteiger partial charge in [-0.25, -0.2) is 4.98 Å². The fourth-order valence-corrected chi connectivity index (χ4v) is 2.32. The summed E-state index contributed by atoms with van der Waals surface area (Å²) in [7, 11) is 1.99. The van der Waals surface area contributed by atoms with Gasteiger partial charge in [-0.1, -0.05) is 29.8 Å². The number of hydrogen-bond acceptors (Lipinski definition) is 5. The van der Waals surface area contributed by atoms with Crippen LogP contribution in [0.2, 0.25) is 0 Å². The van der Waals surface area contributed by atoms with Gasteiger partial charge in [0, 0.05) is 38.1 Å². The summed E-state index contributed by atoms with van der Waals surface area (Å²) >= 11 is 1.43. The van der Waals surface area contributed by atoms with Gasteiger partial charge in [-0.3, -0.25) is 0 Å². The Bertz CT molecular complexity index is 492. The van der Waals surface area contributed by atoms with Crippen LogP contribution in [-0.4, -0.2) is 29.5 Å². The first-order valence-electron chi connectivity index (χ1n) is 5.98. The van der Waals surface area contributed by atoms with Crippen LogP contribution in [0.4, 0.5) is 5.13 Å². The van der Waals surface area contributed by atoms with Gasteiger partial charge in [0.25, 0.3) is 0 Å². The van der Waals surface area contributed by atoms with Gasteiger partial charge in [0.1, 0.15) is 5.82 Å². The Labute approximate surface area is 112 Å². The average molecular weight is 262 g/mol. The van der Waals surface area contributed by atoms with E-state index in [1.165, 1.54) is 22.7 Å². The van der Waals surface area contributed by atoms with Crippen molar-refractivity contribution in [2.75, 3.05) is 25.0 Å². The maximum atomic E-state index is 5.53. The molecule has 0 fully saturated rings. The largest absolute Gasteiger partial charge is 0.349 e. The standard InChI is InChI=1S/C13H18N4S/c1-10-3-5-11(6-4-10)9-12-15-13(18-16-12)17(2)8-7-14/h3-6H,7-9,14H2,1-2H3. The van der Waals surface area contributed by atoms with Gasteiger partial charge in [-0.05, 0) is 12.5 Å². The lowest BCUT2D eigenvalue weighted by atomic mass is 10.1. The number of rotatable bonds is 5. The molecule has 4 nitrogen and oxygen atoms in total. The zero-order chi connectivity index (χ0) is 13.0. The zero-order valence-corrected chi connectivity index (χ0v) is 11.6. The minimum absolute atomic E-state index is 0.628. The van der Waals surface area contributed by atoms with Crippen LogP contribution in [0.3, 0.4) is 0 Å². The minimum atomic E-state index is 0.628. The highest BCUT2D eigenvalue weighted by atomic mass is 32.1. The molecule has 0 unspecified atom stereocenters. The first kappa shape index (κ1) is 13.0. The number of aromatic nitrogens is 2. The molecule has 1 aromatic carbocycles. The van der Waals surface area contributed by atoms with Gasteiger partial charge in [-0.2, -0.15) is 4.37 Å². The summed E-state index contributed by atoms with van der Waals surface area (Å²) in [6, 6.07) is 8.48. The van der Waals surface area contributed by atoms with Crippen LogP contribution in [0.25, 0.3) is 0 Å². The third-order valence-corrected chi connectivity index (χ3v) is 3.60. The molecule has 2 rings (SSSR count). The lowest BCUT2D eigenvalue weighted by molar-refractivity contribution is 0.873. The van der Waals surface area contributed by atoms with Crippen LogP contribution in [0.1, 0.15) is 17.0 Å². The van der Waals surface area contributed by atoms with Crippen LogP contribution >= 0.6 is 11.5 Å². The molecule has 0 saturated heterocycles. The summed E-state index contributed by atoms with van der Waals surface area (Å²) in [6.07, 6.45) is 0.785. The first-order chi connectivity index (χ1) is 8.69. The van der Waals surface area contributed by atoms with E-state index in [2.05, 4.69) is 40.5 Å². The van der Waals surface area contributed by atoms with Crippen molar-refractivity contribution in [1.29, 1.82) is 0 Å². The number of benzene rings is 1. The van der Waals surface area contributed by atoms with E-state index in [4.69, 9.17) is 5.73 Å². The second-order valence-electron chi connectivity index (χ2n) is 4.37. The average Bonchev–Trinajstić information content (AvgIpc) is 2.81. The summed E-state index contributed by atoms with van der Waals surface area (Å²) in [4.78, 5) is 6.56. The van der Waals surface area contributed by atoms with Crippen molar-refractivity contribution >= 4 is 16.7 Å². The van der Waals surface area contributed by atoms with Crippen molar-refractivity contribution in [3.05, 3.63) is 41.2 Å². The quantitative estimate of drug-likeness (QED) is 0.893. The molecule has 0 aliphatic rings. The van der Waals surface area contributed by atoms with Crippen molar-refractivity contribution < 1.29 is 0 Å². The summed E-state index contributed by atoms with van der Waals surface area (Å²) in [6.45, 7) is 3.52. The number of aryl methyl sites for hydroxylation is 1. The SMILES string of the molecule is Cc1ccc(Cc2nsc(N(C)CCN)n2)cc1. The van der Waals surface area contributed by atoms with E-state index in [-0.39, 0.29) is 0 Å². The molecule has 5 heteroatoms. The summed E-state index contributed by atoms with van der Waals surface area (Å²) < 4.78 is 4.39. The number of hydrogen-bond donors (Lipinski definition) is 1. The van der Waals surface area contributed by atoms with E-state index in [0.29, 0.717) is 6.54 Å². The van der Waals surface area contributed by atoms with E-state index in [0.717, 1.165) is 23.9 Å². The second-order valence-corrected chi connectivity index (χ2v) is 5.10. The van der Waals surface area contributed by atoms with Gasteiger partial charge in [0.05, 0.1) is 0 Å². The smallest absolute Gasteiger partial charge is 0.204 e. The number of nitrogens with zero attached hydrogens (tertiary/aromatic N) is 3. The molecule has 2 N–H and O–H groups in total. The highest BCUT2D eigenvalue weighted by Crippen LogP contribution is 2.17. The fraction of sp³-hybridized carbons (Fsp3) is 0.385. The van der Waals surface area contributed by atoms with E-state index < -0.39 is 0 Å². The topological polar surface area (TPSA) is 55.0 Å².